The van der Waals surface area contributed by atoms with E-state index in [4.69, 9.17) is 17.0 Å². The monoisotopic (exact) mass is 510 g/mol. The molecule has 0 unspecified atom stereocenters. The van der Waals surface area contributed by atoms with Gasteiger partial charge in [0.1, 0.15) is 15.8 Å². The van der Waals surface area contributed by atoms with Crippen molar-refractivity contribution in [2.24, 2.45) is 0 Å². The number of ether oxygens (including phenoxy) is 1. The predicted octanol–water partition coefficient (Wildman–Crippen LogP) is 3.47. The third-order valence-electron chi connectivity index (χ3n) is 5.44. The molecule has 8 nitrogen and oxygen atoms in total. The summed E-state index contributed by atoms with van der Waals surface area (Å²) in [7, 11) is 0. The van der Waals surface area contributed by atoms with Crippen LogP contribution in [0.2, 0.25) is 0 Å². The first-order valence-electron chi connectivity index (χ1n) is 11.3. The van der Waals surface area contributed by atoms with Crippen LogP contribution in [-0.2, 0) is 9.53 Å². The first kappa shape index (κ1) is 25.1. The Bertz CT molecular complexity index is 1310. The lowest BCUT2D eigenvalue weighted by molar-refractivity contribution is -0.122. The molecule has 10 heteroatoms. The Hall–Kier alpha value is -3.05. The lowest BCUT2D eigenvalue weighted by Gasteiger charge is -2.15. The van der Waals surface area contributed by atoms with E-state index in [0.717, 1.165) is 17.3 Å². The van der Waals surface area contributed by atoms with E-state index in [2.05, 4.69) is 10.3 Å². The SMILES string of the molecule is CCOCCCN1C(=O)/C(=C/c2c(NC[C@H](O)c3ccccc3)nc3ccccn3c2=O)SC1=S. The minimum atomic E-state index is -0.802. The first-order valence-corrected chi connectivity index (χ1v) is 12.5. The Kier molecular flexibility index (Phi) is 8.29. The number of thioether (sulfide) groups is 1. The quantitative estimate of drug-likeness (QED) is 0.243. The van der Waals surface area contributed by atoms with Crippen molar-refractivity contribution in [2.75, 3.05) is 31.6 Å². The summed E-state index contributed by atoms with van der Waals surface area (Å²) in [6.45, 7) is 3.67. The summed E-state index contributed by atoms with van der Waals surface area (Å²) in [5.74, 6) is 0.0436. The largest absolute Gasteiger partial charge is 0.387 e. The average molecular weight is 511 g/mol. The second-order valence-electron chi connectivity index (χ2n) is 7.80. The van der Waals surface area contributed by atoms with E-state index < -0.39 is 6.10 Å². The number of aliphatic hydroxyl groups is 1. The van der Waals surface area contributed by atoms with Gasteiger partial charge in [-0.2, -0.15) is 0 Å². The van der Waals surface area contributed by atoms with Crippen molar-refractivity contribution in [1.82, 2.24) is 14.3 Å². The lowest BCUT2D eigenvalue weighted by Crippen LogP contribution is -2.29. The van der Waals surface area contributed by atoms with Crippen molar-refractivity contribution in [3.8, 4) is 0 Å². The molecule has 0 aliphatic carbocycles. The summed E-state index contributed by atoms with van der Waals surface area (Å²) < 4.78 is 7.22. The molecule has 1 fully saturated rings. The van der Waals surface area contributed by atoms with E-state index in [9.17, 15) is 14.7 Å². The van der Waals surface area contributed by atoms with Crippen LogP contribution in [0.1, 0.15) is 30.6 Å². The maximum absolute atomic E-state index is 13.4. The van der Waals surface area contributed by atoms with Crippen molar-refractivity contribution in [3.05, 3.63) is 81.1 Å². The van der Waals surface area contributed by atoms with Gasteiger partial charge in [-0.1, -0.05) is 60.4 Å². The molecule has 0 saturated carbocycles. The molecular formula is C25H26N4O4S2. The van der Waals surface area contributed by atoms with Gasteiger partial charge in [0, 0.05) is 32.5 Å². The minimum absolute atomic E-state index is 0.138. The Morgan fingerprint density at radius 3 is 2.74 bits per heavy atom. The van der Waals surface area contributed by atoms with Crippen LogP contribution in [0.25, 0.3) is 11.7 Å². The fourth-order valence-electron chi connectivity index (χ4n) is 3.65. The molecule has 1 saturated heterocycles. The normalized spacial score (nSPS) is 15.8. The standard InChI is InChI=1S/C25H26N4O4S2/c1-2-33-14-8-13-29-24(32)20(35-25(29)34)15-18-22(26-16-19(30)17-9-4-3-5-10-17)27-21-11-6-7-12-28(21)23(18)31/h3-7,9-12,15,19,26,30H,2,8,13-14,16H2,1H3/b20-15-/t19-/m0/s1. The highest BCUT2D eigenvalue weighted by Crippen LogP contribution is 2.33. The first-order chi connectivity index (χ1) is 17.0. The predicted molar refractivity (Wildman–Crippen MR) is 142 cm³/mol. The molecule has 1 atom stereocenters. The Labute approximate surface area is 212 Å². The molecule has 0 bridgehead atoms. The van der Waals surface area contributed by atoms with Crippen molar-refractivity contribution < 1.29 is 14.6 Å². The number of hydrogen-bond acceptors (Lipinski definition) is 8. The summed E-state index contributed by atoms with van der Waals surface area (Å²) in [5, 5.41) is 13.7. The van der Waals surface area contributed by atoms with E-state index in [-0.39, 0.29) is 29.4 Å². The molecule has 1 aromatic carbocycles. The van der Waals surface area contributed by atoms with Crippen LogP contribution in [0.15, 0.2) is 64.4 Å². The zero-order valence-corrected chi connectivity index (χ0v) is 20.8. The number of carbonyl (C=O) groups excluding carboxylic acids is 1. The number of aromatic nitrogens is 2. The number of aliphatic hydroxyl groups excluding tert-OH is 1. The van der Waals surface area contributed by atoms with Crippen molar-refractivity contribution >= 4 is 51.7 Å². The van der Waals surface area contributed by atoms with E-state index >= 15 is 0 Å². The van der Waals surface area contributed by atoms with Gasteiger partial charge in [0.25, 0.3) is 11.5 Å². The molecule has 4 rings (SSSR count). The van der Waals surface area contributed by atoms with E-state index in [1.54, 1.807) is 24.4 Å². The molecule has 3 heterocycles. The molecule has 1 aliphatic heterocycles. The summed E-state index contributed by atoms with van der Waals surface area (Å²) in [6.07, 6.45) is 3.03. The van der Waals surface area contributed by atoms with Crippen LogP contribution in [-0.4, -0.2) is 55.9 Å². The number of nitrogens with zero attached hydrogens (tertiary/aromatic N) is 3. The zero-order chi connectivity index (χ0) is 24.8. The number of anilines is 1. The smallest absolute Gasteiger partial charge is 0.267 e. The summed E-state index contributed by atoms with van der Waals surface area (Å²) in [6, 6.07) is 14.5. The number of pyridine rings is 1. The van der Waals surface area contributed by atoms with Crippen molar-refractivity contribution in [2.45, 2.75) is 19.4 Å². The highest BCUT2D eigenvalue weighted by Gasteiger charge is 2.32. The summed E-state index contributed by atoms with van der Waals surface area (Å²) >= 11 is 6.57. The van der Waals surface area contributed by atoms with Crippen LogP contribution in [0.3, 0.4) is 0 Å². The van der Waals surface area contributed by atoms with E-state index in [1.165, 1.54) is 15.4 Å². The van der Waals surface area contributed by atoms with E-state index in [1.807, 2.05) is 37.3 Å². The average Bonchev–Trinajstić information content (AvgIpc) is 3.14. The Morgan fingerprint density at radius 1 is 1.20 bits per heavy atom. The number of amides is 1. The number of nitrogens with one attached hydrogen (secondary N) is 1. The Morgan fingerprint density at radius 2 is 1.97 bits per heavy atom. The molecule has 35 heavy (non-hydrogen) atoms. The van der Waals surface area contributed by atoms with Gasteiger partial charge in [-0.3, -0.25) is 18.9 Å². The van der Waals surface area contributed by atoms with Crippen LogP contribution in [0.4, 0.5) is 5.82 Å². The highest BCUT2D eigenvalue weighted by atomic mass is 32.2. The second kappa shape index (κ2) is 11.6. The minimum Gasteiger partial charge on any atom is -0.387 e. The third kappa shape index (κ3) is 5.79. The van der Waals surface area contributed by atoms with Crippen LogP contribution >= 0.6 is 24.0 Å². The third-order valence-corrected chi connectivity index (χ3v) is 6.82. The fraction of sp³-hybridized carbons (Fsp3) is 0.280. The van der Waals surface area contributed by atoms with Crippen molar-refractivity contribution in [3.63, 3.8) is 0 Å². The highest BCUT2D eigenvalue weighted by molar-refractivity contribution is 8.26. The number of thiocarbonyl (C=S) groups is 1. The van der Waals surface area contributed by atoms with E-state index in [0.29, 0.717) is 41.1 Å². The van der Waals surface area contributed by atoms with Crippen LogP contribution in [0, 0.1) is 0 Å². The molecule has 0 spiro atoms. The number of rotatable bonds is 10. The summed E-state index contributed by atoms with van der Waals surface area (Å²) in [4.78, 5) is 32.9. The molecule has 2 aromatic heterocycles. The second-order valence-corrected chi connectivity index (χ2v) is 9.48. The van der Waals surface area contributed by atoms with Gasteiger partial charge in [-0.15, -0.1) is 0 Å². The molecule has 3 aromatic rings. The molecule has 1 aliphatic rings. The zero-order valence-electron chi connectivity index (χ0n) is 19.2. The van der Waals surface area contributed by atoms with Crippen molar-refractivity contribution in [1.29, 1.82) is 0 Å². The maximum atomic E-state index is 13.4. The van der Waals surface area contributed by atoms with Crippen LogP contribution < -0.4 is 10.9 Å². The lowest BCUT2D eigenvalue weighted by atomic mass is 10.1. The van der Waals surface area contributed by atoms with Gasteiger partial charge >= 0.3 is 0 Å². The van der Waals surface area contributed by atoms with Gasteiger partial charge in [0.05, 0.1) is 16.6 Å². The number of benzene rings is 1. The van der Waals surface area contributed by atoms with Gasteiger partial charge in [0.15, 0.2) is 0 Å². The van der Waals surface area contributed by atoms with Gasteiger partial charge in [-0.05, 0) is 37.1 Å². The van der Waals surface area contributed by atoms with Gasteiger partial charge in [0.2, 0.25) is 0 Å². The molecule has 1 amide bonds. The number of hydrogen-bond donors (Lipinski definition) is 2. The molecule has 182 valence electrons. The topological polar surface area (TPSA) is 96.2 Å². The Balaban J connectivity index is 1.64. The summed E-state index contributed by atoms with van der Waals surface area (Å²) in [5.41, 5.74) is 1.10. The van der Waals surface area contributed by atoms with Crippen LogP contribution in [0.5, 0.6) is 0 Å². The number of fused-ring (bicyclic) bond motifs is 1. The van der Waals surface area contributed by atoms with Gasteiger partial charge in [-0.25, -0.2) is 4.98 Å². The number of carbonyl (C=O) groups is 1. The molecule has 2 N–H and O–H groups in total. The molecular weight excluding hydrogens is 484 g/mol. The maximum Gasteiger partial charge on any atom is 0.267 e. The fourth-order valence-corrected chi connectivity index (χ4v) is 4.94. The van der Waals surface area contributed by atoms with Gasteiger partial charge < -0.3 is 15.2 Å². The molecule has 0 radical (unpaired) electrons.